The predicted octanol–water partition coefficient (Wildman–Crippen LogP) is 0.848. The van der Waals surface area contributed by atoms with Crippen molar-refractivity contribution in [2.75, 3.05) is 13.1 Å². The third-order valence-corrected chi connectivity index (χ3v) is 4.19. The van der Waals surface area contributed by atoms with Crippen molar-refractivity contribution in [3.8, 4) is 0 Å². The predicted molar refractivity (Wildman–Crippen MR) is 83.4 cm³/mol. The minimum absolute atomic E-state index is 0.0612. The van der Waals surface area contributed by atoms with E-state index in [2.05, 4.69) is 40.0 Å². The van der Waals surface area contributed by atoms with Crippen molar-refractivity contribution in [3.05, 3.63) is 47.8 Å². The number of rotatable bonds is 5. The monoisotopic (exact) mass is 299 g/mol. The summed E-state index contributed by atoms with van der Waals surface area (Å²) >= 11 is 0. The van der Waals surface area contributed by atoms with Gasteiger partial charge in [-0.3, -0.25) is 4.79 Å². The highest BCUT2D eigenvalue weighted by molar-refractivity contribution is 5.76. The van der Waals surface area contributed by atoms with Gasteiger partial charge in [0.1, 0.15) is 0 Å². The molecule has 116 valence electrons. The van der Waals surface area contributed by atoms with Crippen LogP contribution in [0.2, 0.25) is 0 Å². The summed E-state index contributed by atoms with van der Waals surface area (Å²) in [4.78, 5) is 12.2. The van der Waals surface area contributed by atoms with Crippen molar-refractivity contribution in [2.24, 2.45) is 0 Å². The first kappa shape index (κ1) is 14.7. The van der Waals surface area contributed by atoms with E-state index in [9.17, 15) is 4.79 Å². The van der Waals surface area contributed by atoms with Crippen LogP contribution in [0.3, 0.4) is 0 Å². The molecular formula is C16H21N5O. The summed E-state index contributed by atoms with van der Waals surface area (Å²) < 4.78 is 1.81. The lowest BCUT2D eigenvalue weighted by Gasteiger charge is -2.20. The fourth-order valence-corrected chi connectivity index (χ4v) is 2.90. The van der Waals surface area contributed by atoms with Gasteiger partial charge in [-0.2, -0.15) is 0 Å². The largest absolute Gasteiger partial charge is 0.350 e. The van der Waals surface area contributed by atoms with Crippen molar-refractivity contribution in [1.29, 1.82) is 0 Å². The van der Waals surface area contributed by atoms with Gasteiger partial charge in [0.15, 0.2) is 0 Å². The van der Waals surface area contributed by atoms with E-state index in [0.717, 1.165) is 19.5 Å². The minimum Gasteiger partial charge on any atom is -0.350 e. The smallest absolute Gasteiger partial charge is 0.220 e. The standard InChI is InChI=1S/C16H21N5O/c1-12-4-2-3-5-13(12)6-7-16(22)19-14-10-17-11-15(14)21-9-8-18-20-21/h2-5,8-9,14-15,17H,6-7,10-11H2,1H3,(H,19,22)/t14-,15+/m1/s1. The summed E-state index contributed by atoms with van der Waals surface area (Å²) in [5, 5.41) is 14.3. The van der Waals surface area contributed by atoms with Crippen LogP contribution in [0, 0.1) is 6.92 Å². The quantitative estimate of drug-likeness (QED) is 0.858. The van der Waals surface area contributed by atoms with Crippen LogP contribution in [0.5, 0.6) is 0 Å². The van der Waals surface area contributed by atoms with Crippen LogP contribution in [0.25, 0.3) is 0 Å². The van der Waals surface area contributed by atoms with Gasteiger partial charge in [-0.05, 0) is 24.5 Å². The summed E-state index contributed by atoms with van der Waals surface area (Å²) in [6.45, 7) is 3.64. The van der Waals surface area contributed by atoms with Gasteiger partial charge in [-0.1, -0.05) is 29.5 Å². The van der Waals surface area contributed by atoms with Crippen LogP contribution in [0.15, 0.2) is 36.7 Å². The Morgan fingerprint density at radius 2 is 2.27 bits per heavy atom. The van der Waals surface area contributed by atoms with Gasteiger partial charge in [0.25, 0.3) is 0 Å². The molecule has 22 heavy (non-hydrogen) atoms. The third kappa shape index (κ3) is 3.33. The molecule has 0 spiro atoms. The molecule has 0 bridgehead atoms. The number of hydrogen-bond acceptors (Lipinski definition) is 4. The zero-order chi connectivity index (χ0) is 15.4. The third-order valence-electron chi connectivity index (χ3n) is 4.19. The summed E-state index contributed by atoms with van der Waals surface area (Å²) in [7, 11) is 0. The first-order chi connectivity index (χ1) is 10.7. The number of benzene rings is 1. The molecule has 1 aliphatic rings. The van der Waals surface area contributed by atoms with E-state index < -0.39 is 0 Å². The Kier molecular flexibility index (Phi) is 4.48. The van der Waals surface area contributed by atoms with Crippen LogP contribution in [0.4, 0.5) is 0 Å². The molecule has 2 heterocycles. The number of carbonyl (C=O) groups excluding carboxylic acids is 1. The van der Waals surface area contributed by atoms with Crippen LogP contribution >= 0.6 is 0 Å². The molecule has 3 rings (SSSR count). The van der Waals surface area contributed by atoms with E-state index in [1.165, 1.54) is 11.1 Å². The normalized spacial score (nSPS) is 21.0. The average molecular weight is 299 g/mol. The zero-order valence-electron chi connectivity index (χ0n) is 12.7. The average Bonchev–Trinajstić information content (AvgIpc) is 3.17. The van der Waals surface area contributed by atoms with Gasteiger partial charge < -0.3 is 10.6 Å². The van der Waals surface area contributed by atoms with E-state index >= 15 is 0 Å². The molecule has 1 aromatic heterocycles. The van der Waals surface area contributed by atoms with Crippen LogP contribution in [-0.4, -0.2) is 40.0 Å². The zero-order valence-corrected chi connectivity index (χ0v) is 12.7. The van der Waals surface area contributed by atoms with Gasteiger partial charge in [0, 0.05) is 25.7 Å². The summed E-state index contributed by atoms with van der Waals surface area (Å²) in [5.41, 5.74) is 2.47. The first-order valence-electron chi connectivity index (χ1n) is 7.64. The number of nitrogens with one attached hydrogen (secondary N) is 2. The molecule has 1 aliphatic heterocycles. The number of nitrogens with zero attached hydrogens (tertiary/aromatic N) is 3. The highest BCUT2D eigenvalue weighted by atomic mass is 16.1. The first-order valence-corrected chi connectivity index (χ1v) is 7.64. The second kappa shape index (κ2) is 6.70. The molecule has 6 heteroatoms. The Morgan fingerprint density at radius 1 is 1.41 bits per heavy atom. The van der Waals surface area contributed by atoms with E-state index in [-0.39, 0.29) is 18.0 Å². The van der Waals surface area contributed by atoms with Crippen LogP contribution in [0.1, 0.15) is 23.6 Å². The molecule has 0 radical (unpaired) electrons. The molecule has 1 aromatic carbocycles. The van der Waals surface area contributed by atoms with Gasteiger partial charge in [0.05, 0.1) is 18.3 Å². The number of hydrogen-bond donors (Lipinski definition) is 2. The second-order valence-electron chi connectivity index (χ2n) is 5.71. The molecule has 1 fully saturated rings. The lowest BCUT2D eigenvalue weighted by molar-refractivity contribution is -0.121. The van der Waals surface area contributed by atoms with Crippen molar-refractivity contribution in [1.82, 2.24) is 25.6 Å². The molecule has 6 nitrogen and oxygen atoms in total. The number of carbonyl (C=O) groups is 1. The highest BCUT2D eigenvalue weighted by Crippen LogP contribution is 2.15. The van der Waals surface area contributed by atoms with Crippen LogP contribution < -0.4 is 10.6 Å². The number of aromatic nitrogens is 3. The molecule has 0 saturated carbocycles. The van der Waals surface area contributed by atoms with Crippen molar-refractivity contribution in [3.63, 3.8) is 0 Å². The second-order valence-corrected chi connectivity index (χ2v) is 5.71. The lowest BCUT2D eigenvalue weighted by atomic mass is 10.0. The Bertz CT molecular complexity index is 625. The topological polar surface area (TPSA) is 71.8 Å². The van der Waals surface area contributed by atoms with Crippen LogP contribution in [-0.2, 0) is 11.2 Å². The maximum absolute atomic E-state index is 12.2. The van der Waals surface area contributed by atoms with Gasteiger partial charge in [-0.25, -0.2) is 4.68 Å². The van der Waals surface area contributed by atoms with Crippen molar-refractivity contribution >= 4 is 5.91 Å². The van der Waals surface area contributed by atoms with Gasteiger partial charge in [0.2, 0.25) is 5.91 Å². The maximum Gasteiger partial charge on any atom is 0.220 e. The highest BCUT2D eigenvalue weighted by Gasteiger charge is 2.30. The SMILES string of the molecule is Cc1ccccc1CCC(=O)N[C@@H]1CNC[C@@H]1n1ccnn1. The van der Waals surface area contributed by atoms with E-state index in [4.69, 9.17) is 0 Å². The molecule has 2 atom stereocenters. The molecule has 2 N–H and O–H groups in total. The lowest BCUT2D eigenvalue weighted by Crippen LogP contribution is -2.41. The minimum atomic E-state index is 0.0612. The summed E-state index contributed by atoms with van der Waals surface area (Å²) in [6.07, 6.45) is 4.78. The Hall–Kier alpha value is -2.21. The molecule has 2 aromatic rings. The molecule has 1 amide bonds. The van der Waals surface area contributed by atoms with Crippen molar-refractivity contribution in [2.45, 2.75) is 31.8 Å². The van der Waals surface area contributed by atoms with Gasteiger partial charge in [-0.15, -0.1) is 5.10 Å². The van der Waals surface area contributed by atoms with E-state index in [0.29, 0.717) is 6.42 Å². The summed E-state index contributed by atoms with van der Waals surface area (Å²) in [6, 6.07) is 8.39. The van der Waals surface area contributed by atoms with Crippen molar-refractivity contribution < 1.29 is 4.79 Å². The fourth-order valence-electron chi connectivity index (χ4n) is 2.90. The fraction of sp³-hybridized carbons (Fsp3) is 0.438. The number of amides is 1. The maximum atomic E-state index is 12.2. The summed E-state index contributed by atoms with van der Waals surface area (Å²) in [5.74, 6) is 0.0852. The molecule has 0 aliphatic carbocycles. The van der Waals surface area contributed by atoms with Gasteiger partial charge >= 0.3 is 0 Å². The Labute approximate surface area is 129 Å². The van der Waals surface area contributed by atoms with E-state index in [1.807, 2.05) is 23.0 Å². The Morgan fingerprint density at radius 3 is 3.05 bits per heavy atom. The molecule has 1 saturated heterocycles. The molecule has 0 unspecified atom stereocenters. The molecular weight excluding hydrogens is 278 g/mol. The number of aryl methyl sites for hydroxylation is 2. The van der Waals surface area contributed by atoms with E-state index in [1.54, 1.807) is 6.20 Å². The Balaban J connectivity index is 1.54.